The number of anilines is 2. The Morgan fingerprint density at radius 3 is 2.42 bits per heavy atom. The van der Waals surface area contributed by atoms with Crippen LogP contribution in [0.3, 0.4) is 0 Å². The molecule has 0 aromatic heterocycles. The first-order valence-corrected chi connectivity index (χ1v) is 11.3. The van der Waals surface area contributed by atoms with Crippen molar-refractivity contribution in [3.8, 4) is 0 Å². The maximum atomic E-state index is 12.7. The lowest BCUT2D eigenvalue weighted by molar-refractivity contribution is -0.135. The van der Waals surface area contributed by atoms with Crippen molar-refractivity contribution in [2.45, 2.75) is 23.6 Å². The van der Waals surface area contributed by atoms with E-state index in [4.69, 9.17) is 4.74 Å². The van der Waals surface area contributed by atoms with Crippen molar-refractivity contribution < 1.29 is 23.1 Å². The molecule has 0 aliphatic carbocycles. The number of carbonyl (C=O) groups excluding carboxylic acids is 2. The third-order valence-electron chi connectivity index (χ3n) is 5.32. The third-order valence-corrected chi connectivity index (χ3v) is 6.04. The van der Waals surface area contributed by atoms with Crippen LogP contribution in [-0.2, 0) is 22.5 Å². The first-order valence-electron chi connectivity index (χ1n) is 10.4. The number of esters is 1. The van der Waals surface area contributed by atoms with Crippen LogP contribution >= 0.6 is 11.8 Å². The summed E-state index contributed by atoms with van der Waals surface area (Å²) >= 11 is 0.468. The molecule has 5 nitrogen and oxygen atoms in total. The molecular weight excluding hydrogens is 446 g/mol. The van der Waals surface area contributed by atoms with Crippen LogP contribution in [0.1, 0.15) is 21.5 Å². The minimum Gasteiger partial charge on any atom is -0.452 e. The molecule has 4 rings (SSSR count). The minimum atomic E-state index is -2.48. The number of fused-ring (bicyclic) bond motifs is 1. The number of hydrogen-bond acceptors (Lipinski definition) is 5. The molecule has 33 heavy (non-hydrogen) atoms. The molecule has 3 aromatic rings. The van der Waals surface area contributed by atoms with E-state index in [1.165, 1.54) is 5.56 Å². The Balaban J connectivity index is 1.36. The van der Waals surface area contributed by atoms with E-state index in [1.54, 1.807) is 53.4 Å². The molecule has 0 saturated heterocycles. The number of carbonyl (C=O) groups is 2. The molecule has 3 aromatic carbocycles. The molecule has 0 atom stereocenters. The molecule has 8 heteroatoms. The fourth-order valence-electron chi connectivity index (χ4n) is 3.65. The zero-order valence-electron chi connectivity index (χ0n) is 17.7. The summed E-state index contributed by atoms with van der Waals surface area (Å²) in [5, 5.41) is 3.10. The third kappa shape index (κ3) is 5.90. The first kappa shape index (κ1) is 22.8. The second kappa shape index (κ2) is 10.5. The Hall–Kier alpha value is -3.39. The predicted molar refractivity (Wildman–Crippen MR) is 124 cm³/mol. The number of amides is 1. The van der Waals surface area contributed by atoms with Gasteiger partial charge in [0.05, 0.1) is 11.3 Å². The number of thioether (sulfide) groups is 1. The zero-order valence-corrected chi connectivity index (χ0v) is 18.5. The Kier molecular flexibility index (Phi) is 7.24. The molecule has 0 radical (unpaired) electrons. The van der Waals surface area contributed by atoms with Gasteiger partial charge in [0.15, 0.2) is 6.61 Å². The van der Waals surface area contributed by atoms with E-state index in [-0.39, 0.29) is 18.1 Å². The maximum Gasteiger partial charge on any atom is 0.340 e. The van der Waals surface area contributed by atoms with Gasteiger partial charge in [-0.3, -0.25) is 4.79 Å². The van der Waals surface area contributed by atoms with Gasteiger partial charge in [-0.1, -0.05) is 48.2 Å². The zero-order chi connectivity index (χ0) is 23.2. The summed E-state index contributed by atoms with van der Waals surface area (Å²) < 4.78 is 30.3. The highest BCUT2D eigenvalue weighted by atomic mass is 32.2. The summed E-state index contributed by atoms with van der Waals surface area (Å²) in [6, 6.07) is 21.2. The molecule has 0 saturated carbocycles. The van der Waals surface area contributed by atoms with Gasteiger partial charge < -0.3 is 15.0 Å². The van der Waals surface area contributed by atoms with Gasteiger partial charge >= 0.3 is 5.97 Å². The van der Waals surface area contributed by atoms with Crippen molar-refractivity contribution in [1.82, 2.24) is 4.90 Å². The number of rotatable bonds is 7. The van der Waals surface area contributed by atoms with Crippen LogP contribution in [0.25, 0.3) is 0 Å². The highest BCUT2D eigenvalue weighted by Gasteiger charge is 2.22. The number of nitrogens with one attached hydrogen (secondary N) is 1. The average molecular weight is 469 g/mol. The minimum absolute atomic E-state index is 0.240. The number of para-hydroxylation sites is 1. The van der Waals surface area contributed by atoms with Crippen LogP contribution in [0.5, 0.6) is 0 Å². The molecule has 1 heterocycles. The van der Waals surface area contributed by atoms with E-state index in [0.29, 0.717) is 41.1 Å². The first-order chi connectivity index (χ1) is 16.0. The lowest BCUT2D eigenvalue weighted by Crippen LogP contribution is -2.38. The van der Waals surface area contributed by atoms with Crippen molar-refractivity contribution in [2.24, 2.45) is 0 Å². The van der Waals surface area contributed by atoms with Crippen LogP contribution < -0.4 is 5.32 Å². The number of nitrogens with zero attached hydrogens (tertiary/aromatic N) is 1. The van der Waals surface area contributed by atoms with Crippen molar-refractivity contribution in [3.05, 3.63) is 89.5 Å². The monoisotopic (exact) mass is 468 g/mol. The topological polar surface area (TPSA) is 58.6 Å². The summed E-state index contributed by atoms with van der Waals surface area (Å²) in [4.78, 5) is 27.4. The number of hydrogen-bond donors (Lipinski definition) is 1. The summed E-state index contributed by atoms with van der Waals surface area (Å²) in [7, 11) is 0. The number of ether oxygens (including phenoxy) is 1. The Labute approximate surface area is 194 Å². The summed E-state index contributed by atoms with van der Waals surface area (Å²) in [6.07, 6.45) is 0.775. The normalized spacial score (nSPS) is 12.9. The van der Waals surface area contributed by atoms with Crippen LogP contribution in [-0.4, -0.2) is 35.7 Å². The lowest BCUT2D eigenvalue weighted by atomic mass is 10.00. The van der Waals surface area contributed by atoms with E-state index in [1.807, 2.05) is 18.2 Å². The molecule has 0 fully saturated rings. The summed E-state index contributed by atoms with van der Waals surface area (Å²) in [6.45, 7) is 0.755. The van der Waals surface area contributed by atoms with Gasteiger partial charge in [0, 0.05) is 23.7 Å². The Bertz CT molecular complexity index is 1140. The van der Waals surface area contributed by atoms with E-state index >= 15 is 0 Å². The van der Waals surface area contributed by atoms with Crippen molar-refractivity contribution >= 4 is 35.0 Å². The molecule has 0 unspecified atom stereocenters. The number of benzene rings is 3. The molecule has 1 N–H and O–H groups in total. The molecular formula is C25H22F2N2O3S. The fourth-order valence-corrected chi connectivity index (χ4v) is 4.15. The van der Waals surface area contributed by atoms with E-state index in [0.717, 1.165) is 12.0 Å². The predicted octanol–water partition coefficient (Wildman–Crippen LogP) is 5.49. The molecule has 170 valence electrons. The standard InChI is InChI=1S/C25H22F2N2O3S/c26-25(27)33-20-11-9-19(10-12-20)28-22-8-4-3-7-21(22)24(31)32-16-23(30)29-14-13-17-5-1-2-6-18(17)15-29/h1-12,25,28H,13-16H2. The maximum absolute atomic E-state index is 12.7. The van der Waals surface area contributed by atoms with Crippen molar-refractivity contribution in [1.29, 1.82) is 0 Å². The number of alkyl halides is 2. The van der Waals surface area contributed by atoms with Crippen LogP contribution in [0.2, 0.25) is 0 Å². The van der Waals surface area contributed by atoms with Gasteiger partial charge in [-0.15, -0.1) is 0 Å². The van der Waals surface area contributed by atoms with Gasteiger partial charge in [-0.05, 0) is 53.9 Å². The highest BCUT2D eigenvalue weighted by Crippen LogP contribution is 2.28. The SMILES string of the molecule is O=C(OCC(=O)N1CCc2ccccc2C1)c1ccccc1Nc1ccc(SC(F)F)cc1. The quantitative estimate of drug-likeness (QED) is 0.367. The van der Waals surface area contributed by atoms with Crippen molar-refractivity contribution in [2.75, 3.05) is 18.5 Å². The second-order valence-electron chi connectivity index (χ2n) is 7.48. The van der Waals surface area contributed by atoms with Gasteiger partial charge in [0.1, 0.15) is 0 Å². The Morgan fingerprint density at radius 1 is 0.970 bits per heavy atom. The lowest BCUT2D eigenvalue weighted by Gasteiger charge is -2.28. The molecule has 0 bridgehead atoms. The van der Waals surface area contributed by atoms with Crippen LogP contribution in [0, 0.1) is 0 Å². The fraction of sp³-hybridized carbons (Fsp3) is 0.200. The Morgan fingerprint density at radius 2 is 1.67 bits per heavy atom. The number of halogens is 2. The van der Waals surface area contributed by atoms with Crippen LogP contribution in [0.15, 0.2) is 77.7 Å². The molecule has 1 aliphatic rings. The second-order valence-corrected chi connectivity index (χ2v) is 8.55. The molecule has 0 spiro atoms. The van der Waals surface area contributed by atoms with Gasteiger partial charge in [-0.2, -0.15) is 8.78 Å². The van der Waals surface area contributed by atoms with Crippen LogP contribution in [0.4, 0.5) is 20.2 Å². The summed E-state index contributed by atoms with van der Waals surface area (Å²) in [5.74, 6) is -3.34. The van der Waals surface area contributed by atoms with Gasteiger partial charge in [-0.25, -0.2) is 4.79 Å². The van der Waals surface area contributed by atoms with E-state index < -0.39 is 11.7 Å². The van der Waals surface area contributed by atoms with E-state index in [9.17, 15) is 18.4 Å². The van der Waals surface area contributed by atoms with Gasteiger partial charge in [0.2, 0.25) is 0 Å². The highest BCUT2D eigenvalue weighted by molar-refractivity contribution is 7.99. The largest absolute Gasteiger partial charge is 0.452 e. The summed E-state index contributed by atoms with van der Waals surface area (Å²) in [5.41, 5.74) is 3.75. The molecule has 1 aliphatic heterocycles. The van der Waals surface area contributed by atoms with Gasteiger partial charge in [0.25, 0.3) is 11.7 Å². The van der Waals surface area contributed by atoms with Crippen molar-refractivity contribution in [3.63, 3.8) is 0 Å². The molecule has 1 amide bonds. The van der Waals surface area contributed by atoms with E-state index in [2.05, 4.69) is 11.4 Å². The average Bonchev–Trinajstić information content (AvgIpc) is 2.83. The smallest absolute Gasteiger partial charge is 0.340 e.